The maximum absolute atomic E-state index is 11.8. The quantitative estimate of drug-likeness (QED) is 0.759. The van der Waals surface area contributed by atoms with E-state index in [1.54, 1.807) is 11.6 Å². The highest BCUT2D eigenvalue weighted by molar-refractivity contribution is 7.11. The summed E-state index contributed by atoms with van der Waals surface area (Å²) in [4.78, 5) is 27.5. The highest BCUT2D eigenvalue weighted by atomic mass is 32.1. The molecule has 16 heavy (non-hydrogen) atoms. The van der Waals surface area contributed by atoms with Crippen molar-refractivity contribution in [3.63, 3.8) is 0 Å². The zero-order chi connectivity index (χ0) is 11.5. The van der Waals surface area contributed by atoms with E-state index in [-0.39, 0.29) is 17.5 Å². The fourth-order valence-corrected chi connectivity index (χ4v) is 2.78. The average Bonchev–Trinajstić information content (AvgIpc) is 2.76. The van der Waals surface area contributed by atoms with Crippen LogP contribution >= 0.6 is 11.3 Å². The lowest BCUT2D eigenvalue weighted by Gasteiger charge is -2.24. The molecule has 1 saturated carbocycles. The van der Waals surface area contributed by atoms with Crippen molar-refractivity contribution in [2.24, 2.45) is 11.8 Å². The number of thiazole rings is 1. The Morgan fingerprint density at radius 3 is 3.12 bits per heavy atom. The third kappa shape index (κ3) is 2.55. The molecule has 1 aliphatic carbocycles. The van der Waals surface area contributed by atoms with Gasteiger partial charge in [0.15, 0.2) is 10.8 Å². The van der Waals surface area contributed by atoms with Crippen molar-refractivity contribution in [1.82, 2.24) is 4.98 Å². The molecule has 1 fully saturated rings. The zero-order valence-electron chi connectivity index (χ0n) is 9.31. The Bertz CT molecular complexity index is 386. The van der Waals surface area contributed by atoms with Crippen LogP contribution in [0.4, 0.5) is 0 Å². The van der Waals surface area contributed by atoms with E-state index in [2.05, 4.69) is 11.9 Å². The van der Waals surface area contributed by atoms with Crippen molar-refractivity contribution in [3.05, 3.63) is 16.6 Å². The molecule has 0 amide bonds. The van der Waals surface area contributed by atoms with Crippen LogP contribution in [-0.2, 0) is 4.79 Å². The number of Topliss-reactive ketones (excluding diaryl/α,β-unsaturated/α-hetero) is 2. The van der Waals surface area contributed by atoms with E-state index in [0.717, 1.165) is 12.8 Å². The lowest BCUT2D eigenvalue weighted by Crippen LogP contribution is -2.25. The Hall–Kier alpha value is -1.03. The molecular weight excluding hydrogens is 222 g/mol. The molecule has 0 aromatic carbocycles. The Balaban J connectivity index is 1.98. The summed E-state index contributed by atoms with van der Waals surface area (Å²) in [5.41, 5.74) is 0. The molecule has 0 aliphatic heterocycles. The number of aromatic nitrogens is 1. The van der Waals surface area contributed by atoms with Gasteiger partial charge in [-0.15, -0.1) is 11.3 Å². The van der Waals surface area contributed by atoms with Gasteiger partial charge < -0.3 is 0 Å². The predicted octanol–water partition coefficient (Wildman–Crippen LogP) is 2.72. The number of nitrogens with zero attached hydrogens (tertiary/aromatic N) is 1. The fourth-order valence-electron chi connectivity index (χ4n) is 2.20. The van der Waals surface area contributed by atoms with Crippen LogP contribution in [0.1, 0.15) is 42.4 Å². The standard InChI is InChI=1S/C12H15NO2S/c1-8-2-3-10(14)9(6-8)7-11(15)12-13-4-5-16-12/h4-5,8-9H,2-3,6-7H2,1H3. The molecule has 2 rings (SSSR count). The van der Waals surface area contributed by atoms with Gasteiger partial charge in [0.1, 0.15) is 5.78 Å². The first-order chi connectivity index (χ1) is 7.66. The Morgan fingerprint density at radius 1 is 1.62 bits per heavy atom. The summed E-state index contributed by atoms with van der Waals surface area (Å²) in [5, 5.41) is 2.32. The van der Waals surface area contributed by atoms with Gasteiger partial charge in [0.25, 0.3) is 0 Å². The minimum atomic E-state index is -0.0693. The SMILES string of the molecule is CC1CCC(=O)C(CC(=O)c2nccs2)C1. The molecule has 0 radical (unpaired) electrons. The molecule has 3 nitrogen and oxygen atoms in total. The molecular formula is C12H15NO2S. The maximum atomic E-state index is 11.8. The highest BCUT2D eigenvalue weighted by Gasteiger charge is 2.28. The number of rotatable bonds is 3. The second-order valence-corrected chi connectivity index (χ2v) is 5.40. The van der Waals surface area contributed by atoms with E-state index < -0.39 is 0 Å². The highest BCUT2D eigenvalue weighted by Crippen LogP contribution is 2.29. The minimum Gasteiger partial charge on any atom is -0.299 e. The van der Waals surface area contributed by atoms with Crippen molar-refractivity contribution in [2.45, 2.75) is 32.6 Å². The average molecular weight is 237 g/mol. The number of carbonyl (C=O) groups is 2. The number of carbonyl (C=O) groups excluding carboxylic acids is 2. The predicted molar refractivity (Wildman–Crippen MR) is 62.6 cm³/mol. The third-order valence-corrected chi connectivity index (χ3v) is 3.94. The summed E-state index contributed by atoms with van der Waals surface area (Å²) in [6, 6.07) is 0. The Labute approximate surface area is 98.9 Å². The van der Waals surface area contributed by atoms with Crippen LogP contribution in [-0.4, -0.2) is 16.6 Å². The third-order valence-electron chi connectivity index (χ3n) is 3.13. The van der Waals surface area contributed by atoms with E-state index in [1.165, 1.54) is 11.3 Å². The van der Waals surface area contributed by atoms with Crippen LogP contribution in [0.5, 0.6) is 0 Å². The molecule has 0 bridgehead atoms. The summed E-state index contributed by atoms with van der Waals surface area (Å²) in [6.45, 7) is 2.15. The van der Waals surface area contributed by atoms with Gasteiger partial charge in [0, 0.05) is 30.3 Å². The fraction of sp³-hybridized carbons (Fsp3) is 0.583. The molecule has 2 atom stereocenters. The Morgan fingerprint density at radius 2 is 2.44 bits per heavy atom. The summed E-state index contributed by atoms with van der Waals surface area (Å²) >= 11 is 1.35. The molecule has 1 aromatic heterocycles. The van der Waals surface area contributed by atoms with Gasteiger partial charge in [-0.1, -0.05) is 6.92 Å². The van der Waals surface area contributed by atoms with Gasteiger partial charge in [-0.25, -0.2) is 4.98 Å². The molecule has 0 spiro atoms. The van der Waals surface area contributed by atoms with Crippen LogP contribution < -0.4 is 0 Å². The summed E-state index contributed by atoms with van der Waals surface area (Å²) in [6.07, 6.45) is 4.44. The number of ketones is 2. The smallest absolute Gasteiger partial charge is 0.192 e. The van der Waals surface area contributed by atoms with Crippen LogP contribution in [0.3, 0.4) is 0 Å². The molecule has 0 N–H and O–H groups in total. The number of hydrogen-bond acceptors (Lipinski definition) is 4. The first-order valence-electron chi connectivity index (χ1n) is 5.62. The van der Waals surface area contributed by atoms with Crippen molar-refractivity contribution in [2.75, 3.05) is 0 Å². The molecule has 1 aliphatic rings. The van der Waals surface area contributed by atoms with E-state index in [9.17, 15) is 9.59 Å². The van der Waals surface area contributed by atoms with E-state index >= 15 is 0 Å². The zero-order valence-corrected chi connectivity index (χ0v) is 10.1. The molecule has 1 aromatic rings. The second kappa shape index (κ2) is 4.87. The van der Waals surface area contributed by atoms with Gasteiger partial charge in [-0.2, -0.15) is 0 Å². The van der Waals surface area contributed by atoms with Crippen LogP contribution in [0.25, 0.3) is 0 Å². The molecule has 2 unspecified atom stereocenters. The van der Waals surface area contributed by atoms with Crippen molar-refractivity contribution in [1.29, 1.82) is 0 Å². The molecule has 1 heterocycles. The molecule has 4 heteroatoms. The molecule has 86 valence electrons. The second-order valence-electron chi connectivity index (χ2n) is 4.51. The van der Waals surface area contributed by atoms with E-state index in [0.29, 0.717) is 23.8 Å². The van der Waals surface area contributed by atoms with Crippen LogP contribution in [0, 0.1) is 11.8 Å². The van der Waals surface area contributed by atoms with Crippen molar-refractivity contribution in [3.8, 4) is 0 Å². The van der Waals surface area contributed by atoms with Crippen LogP contribution in [0.15, 0.2) is 11.6 Å². The van der Waals surface area contributed by atoms with Crippen LogP contribution in [0.2, 0.25) is 0 Å². The van der Waals surface area contributed by atoms with Gasteiger partial charge in [-0.05, 0) is 18.8 Å². The minimum absolute atomic E-state index is 0.0162. The summed E-state index contributed by atoms with van der Waals surface area (Å²) < 4.78 is 0. The van der Waals surface area contributed by atoms with E-state index in [1.807, 2.05) is 0 Å². The summed E-state index contributed by atoms with van der Waals surface area (Å²) in [7, 11) is 0. The largest absolute Gasteiger partial charge is 0.299 e. The maximum Gasteiger partial charge on any atom is 0.192 e. The first-order valence-corrected chi connectivity index (χ1v) is 6.50. The van der Waals surface area contributed by atoms with Gasteiger partial charge in [-0.3, -0.25) is 9.59 Å². The Kier molecular flexibility index (Phi) is 3.49. The van der Waals surface area contributed by atoms with Gasteiger partial charge in [0.05, 0.1) is 0 Å². The normalized spacial score (nSPS) is 25.7. The van der Waals surface area contributed by atoms with Crippen molar-refractivity contribution < 1.29 is 9.59 Å². The number of hydrogen-bond donors (Lipinski definition) is 0. The van der Waals surface area contributed by atoms with Gasteiger partial charge >= 0.3 is 0 Å². The topological polar surface area (TPSA) is 47.0 Å². The van der Waals surface area contributed by atoms with Gasteiger partial charge in [0.2, 0.25) is 0 Å². The lowest BCUT2D eigenvalue weighted by atomic mass is 9.79. The first kappa shape index (κ1) is 11.5. The molecule has 0 saturated heterocycles. The monoisotopic (exact) mass is 237 g/mol. The summed E-state index contributed by atoms with van der Waals surface area (Å²) in [5.74, 6) is 0.761. The van der Waals surface area contributed by atoms with E-state index in [4.69, 9.17) is 0 Å². The lowest BCUT2D eigenvalue weighted by molar-refractivity contribution is -0.125. The van der Waals surface area contributed by atoms with Crippen molar-refractivity contribution >= 4 is 22.9 Å².